The number of rotatable bonds is 5. The van der Waals surface area contributed by atoms with E-state index in [1.807, 2.05) is 53.4 Å². The van der Waals surface area contributed by atoms with E-state index in [0.29, 0.717) is 29.5 Å². The van der Waals surface area contributed by atoms with Crippen LogP contribution in [-0.4, -0.2) is 32.3 Å². The molecule has 152 valence electrons. The first kappa shape index (κ1) is 18.9. The van der Waals surface area contributed by atoms with E-state index in [-0.39, 0.29) is 11.9 Å². The largest absolute Gasteiger partial charge is 0.441 e. The standard InChI is InChI=1S/C23H21ClN4O2/c24-16-9-7-15(8-10-16)20-14-25-21(30-20)11-12-22(29)28-13-3-6-19(28)23-26-17-4-1-2-5-18(17)27-23/h1-2,4-5,7-10,14,19H,3,6,11-13H2,(H,26,27). The third-order valence-electron chi connectivity index (χ3n) is 5.53. The number of halogens is 1. The van der Waals surface area contributed by atoms with Crippen LogP contribution in [0, 0.1) is 0 Å². The van der Waals surface area contributed by atoms with Crippen LogP contribution < -0.4 is 0 Å². The highest BCUT2D eigenvalue weighted by Gasteiger charge is 2.32. The highest BCUT2D eigenvalue weighted by Crippen LogP contribution is 2.32. The first-order chi connectivity index (χ1) is 14.7. The smallest absolute Gasteiger partial charge is 0.223 e. The normalized spacial score (nSPS) is 16.4. The molecule has 0 bridgehead atoms. The zero-order valence-electron chi connectivity index (χ0n) is 16.3. The summed E-state index contributed by atoms with van der Waals surface area (Å²) in [6.45, 7) is 0.752. The Morgan fingerprint density at radius 2 is 2.03 bits per heavy atom. The fraction of sp³-hybridized carbons (Fsp3) is 0.261. The Labute approximate surface area is 178 Å². The molecular formula is C23H21ClN4O2. The minimum atomic E-state index is -0.000844. The number of benzene rings is 2. The van der Waals surface area contributed by atoms with Crippen LogP contribution in [0.5, 0.6) is 0 Å². The number of para-hydroxylation sites is 2. The Morgan fingerprint density at radius 3 is 2.87 bits per heavy atom. The number of aryl methyl sites for hydroxylation is 1. The Kier molecular flexibility index (Phi) is 5.01. The van der Waals surface area contributed by atoms with Gasteiger partial charge in [-0.1, -0.05) is 23.7 Å². The first-order valence-corrected chi connectivity index (χ1v) is 10.5. The molecule has 0 saturated carbocycles. The summed E-state index contributed by atoms with van der Waals surface area (Å²) >= 11 is 5.94. The fourth-order valence-electron chi connectivity index (χ4n) is 4.01. The van der Waals surface area contributed by atoms with E-state index in [0.717, 1.165) is 41.8 Å². The van der Waals surface area contributed by atoms with Gasteiger partial charge < -0.3 is 14.3 Å². The molecule has 2 aromatic heterocycles. The summed E-state index contributed by atoms with van der Waals surface area (Å²) in [5, 5.41) is 0.675. The van der Waals surface area contributed by atoms with E-state index in [4.69, 9.17) is 21.0 Å². The number of oxazole rings is 1. The lowest BCUT2D eigenvalue weighted by Gasteiger charge is -2.23. The highest BCUT2D eigenvalue weighted by atomic mass is 35.5. The van der Waals surface area contributed by atoms with E-state index in [9.17, 15) is 4.79 Å². The van der Waals surface area contributed by atoms with Gasteiger partial charge in [0.2, 0.25) is 5.91 Å². The van der Waals surface area contributed by atoms with Gasteiger partial charge in [-0.05, 0) is 49.2 Å². The number of H-pyrrole nitrogens is 1. The van der Waals surface area contributed by atoms with Crippen molar-refractivity contribution in [3.8, 4) is 11.3 Å². The van der Waals surface area contributed by atoms with Crippen molar-refractivity contribution in [2.24, 2.45) is 0 Å². The number of aromatic amines is 1. The van der Waals surface area contributed by atoms with Crippen LogP contribution in [0.2, 0.25) is 5.02 Å². The van der Waals surface area contributed by atoms with Gasteiger partial charge in [-0.3, -0.25) is 4.79 Å². The van der Waals surface area contributed by atoms with Crippen molar-refractivity contribution in [3.05, 3.63) is 71.5 Å². The number of imidazole rings is 1. The number of nitrogens with zero attached hydrogens (tertiary/aromatic N) is 3. The molecule has 1 unspecified atom stereocenters. The molecule has 6 nitrogen and oxygen atoms in total. The third kappa shape index (κ3) is 3.71. The molecule has 30 heavy (non-hydrogen) atoms. The average molecular weight is 421 g/mol. The Bertz CT molecular complexity index is 1150. The second kappa shape index (κ2) is 7.95. The predicted molar refractivity (Wildman–Crippen MR) is 115 cm³/mol. The maximum Gasteiger partial charge on any atom is 0.223 e. The van der Waals surface area contributed by atoms with Gasteiger partial charge in [0.15, 0.2) is 11.7 Å². The number of amides is 1. The number of nitrogens with one attached hydrogen (secondary N) is 1. The summed E-state index contributed by atoms with van der Waals surface area (Å²) in [7, 11) is 0. The quantitative estimate of drug-likeness (QED) is 0.483. The molecule has 1 atom stereocenters. The Balaban J connectivity index is 1.25. The van der Waals surface area contributed by atoms with E-state index in [1.165, 1.54) is 0 Å². The first-order valence-electron chi connectivity index (χ1n) is 10.1. The summed E-state index contributed by atoms with van der Waals surface area (Å²) in [5.74, 6) is 2.20. The van der Waals surface area contributed by atoms with Crippen molar-refractivity contribution in [1.82, 2.24) is 19.9 Å². The molecule has 0 aliphatic carbocycles. The molecule has 1 fully saturated rings. The molecule has 4 aromatic rings. The number of aromatic nitrogens is 3. The van der Waals surface area contributed by atoms with Crippen LogP contribution >= 0.6 is 11.6 Å². The number of carbonyl (C=O) groups excluding carboxylic acids is 1. The number of likely N-dealkylation sites (tertiary alicyclic amines) is 1. The van der Waals surface area contributed by atoms with E-state index in [1.54, 1.807) is 6.20 Å². The van der Waals surface area contributed by atoms with Gasteiger partial charge in [0.1, 0.15) is 5.82 Å². The summed E-state index contributed by atoms with van der Waals surface area (Å²) in [4.78, 5) is 27.3. The van der Waals surface area contributed by atoms with E-state index >= 15 is 0 Å². The molecule has 0 spiro atoms. The summed E-state index contributed by atoms with van der Waals surface area (Å²) < 4.78 is 5.83. The monoisotopic (exact) mass is 420 g/mol. The van der Waals surface area contributed by atoms with Gasteiger partial charge in [0.05, 0.1) is 23.3 Å². The van der Waals surface area contributed by atoms with Gasteiger partial charge in [-0.25, -0.2) is 9.97 Å². The number of carbonyl (C=O) groups is 1. The molecule has 1 amide bonds. The molecule has 0 radical (unpaired) electrons. The van der Waals surface area contributed by atoms with Crippen molar-refractivity contribution >= 4 is 28.5 Å². The van der Waals surface area contributed by atoms with Gasteiger partial charge in [-0.15, -0.1) is 0 Å². The van der Waals surface area contributed by atoms with Crippen LogP contribution in [0.4, 0.5) is 0 Å². The third-order valence-corrected chi connectivity index (χ3v) is 5.78. The molecule has 7 heteroatoms. The minimum Gasteiger partial charge on any atom is -0.441 e. The van der Waals surface area contributed by atoms with Crippen LogP contribution in [0.25, 0.3) is 22.4 Å². The molecule has 5 rings (SSSR count). The van der Waals surface area contributed by atoms with Gasteiger partial charge >= 0.3 is 0 Å². The molecule has 1 aliphatic rings. The zero-order chi connectivity index (χ0) is 20.5. The van der Waals surface area contributed by atoms with Crippen LogP contribution in [-0.2, 0) is 11.2 Å². The molecule has 1 saturated heterocycles. The van der Waals surface area contributed by atoms with Crippen molar-refractivity contribution < 1.29 is 9.21 Å². The zero-order valence-corrected chi connectivity index (χ0v) is 17.1. The van der Waals surface area contributed by atoms with Crippen LogP contribution in [0.3, 0.4) is 0 Å². The number of hydrogen-bond donors (Lipinski definition) is 1. The topological polar surface area (TPSA) is 75.0 Å². The maximum absolute atomic E-state index is 12.9. The van der Waals surface area contributed by atoms with Crippen molar-refractivity contribution in [3.63, 3.8) is 0 Å². The molecule has 1 N–H and O–H groups in total. The second-order valence-corrected chi connectivity index (χ2v) is 7.95. The lowest BCUT2D eigenvalue weighted by atomic mass is 10.2. The molecule has 3 heterocycles. The summed E-state index contributed by atoms with van der Waals surface area (Å²) in [6.07, 6.45) is 4.42. The van der Waals surface area contributed by atoms with E-state index in [2.05, 4.69) is 9.97 Å². The van der Waals surface area contributed by atoms with Gasteiger partial charge in [0.25, 0.3) is 0 Å². The minimum absolute atomic E-state index is 0.000844. The van der Waals surface area contributed by atoms with Crippen LogP contribution in [0.15, 0.2) is 59.1 Å². The lowest BCUT2D eigenvalue weighted by molar-refractivity contribution is -0.132. The summed E-state index contributed by atoms with van der Waals surface area (Å²) in [6, 6.07) is 15.3. The van der Waals surface area contributed by atoms with Crippen LogP contribution in [0.1, 0.15) is 37.0 Å². The molecular weight excluding hydrogens is 400 g/mol. The Morgan fingerprint density at radius 1 is 1.20 bits per heavy atom. The average Bonchev–Trinajstić information content (AvgIpc) is 3.51. The predicted octanol–water partition coefficient (Wildman–Crippen LogP) is 5.17. The molecule has 2 aromatic carbocycles. The SMILES string of the molecule is O=C(CCc1ncc(-c2ccc(Cl)cc2)o1)N1CCCC1c1nc2ccccc2[nH]1. The number of fused-ring (bicyclic) bond motifs is 1. The molecule has 1 aliphatic heterocycles. The van der Waals surface area contributed by atoms with Crippen molar-refractivity contribution in [2.45, 2.75) is 31.7 Å². The fourth-order valence-corrected chi connectivity index (χ4v) is 4.14. The van der Waals surface area contributed by atoms with Crippen molar-refractivity contribution in [2.75, 3.05) is 6.54 Å². The van der Waals surface area contributed by atoms with E-state index < -0.39 is 0 Å². The van der Waals surface area contributed by atoms with Gasteiger partial charge in [0, 0.05) is 30.0 Å². The summed E-state index contributed by atoms with van der Waals surface area (Å²) in [5.41, 5.74) is 2.84. The second-order valence-electron chi connectivity index (χ2n) is 7.51. The highest BCUT2D eigenvalue weighted by molar-refractivity contribution is 6.30. The number of hydrogen-bond acceptors (Lipinski definition) is 4. The maximum atomic E-state index is 12.9. The Hall–Kier alpha value is -3.12. The van der Waals surface area contributed by atoms with Crippen molar-refractivity contribution in [1.29, 1.82) is 0 Å². The van der Waals surface area contributed by atoms with Gasteiger partial charge in [-0.2, -0.15) is 0 Å². The lowest BCUT2D eigenvalue weighted by Crippen LogP contribution is -2.31.